The van der Waals surface area contributed by atoms with E-state index in [1.807, 2.05) is 5.38 Å². The summed E-state index contributed by atoms with van der Waals surface area (Å²) in [5.41, 5.74) is 0.880. The van der Waals surface area contributed by atoms with Gasteiger partial charge in [-0.25, -0.2) is 14.8 Å². The van der Waals surface area contributed by atoms with Gasteiger partial charge in [-0.05, 0) is 17.7 Å². The predicted molar refractivity (Wildman–Crippen MR) is 140 cm³/mol. The van der Waals surface area contributed by atoms with Crippen molar-refractivity contribution in [1.82, 2.24) is 19.4 Å². The van der Waals surface area contributed by atoms with Gasteiger partial charge in [0.25, 0.3) is 11.6 Å². The maximum atomic E-state index is 13.5. The molecule has 5 rings (SSSR count). The van der Waals surface area contributed by atoms with E-state index in [1.54, 1.807) is 24.0 Å². The van der Waals surface area contributed by atoms with E-state index in [0.717, 1.165) is 0 Å². The van der Waals surface area contributed by atoms with Gasteiger partial charge in [0.15, 0.2) is 21.3 Å². The predicted octanol–water partition coefficient (Wildman–Crippen LogP) is 3.69. The van der Waals surface area contributed by atoms with Gasteiger partial charge in [0.1, 0.15) is 23.4 Å². The number of rotatable bonds is 8. The lowest BCUT2D eigenvalue weighted by Gasteiger charge is -2.51. The van der Waals surface area contributed by atoms with Crippen LogP contribution in [0.3, 0.4) is 0 Å². The smallest absolute Gasteiger partial charge is 0.355 e. The first-order valence-electron chi connectivity index (χ1n) is 11.0. The zero-order valence-electron chi connectivity index (χ0n) is 19.8. The second kappa shape index (κ2) is 9.96. The van der Waals surface area contributed by atoms with Crippen molar-refractivity contribution in [3.05, 3.63) is 74.5 Å². The van der Waals surface area contributed by atoms with Gasteiger partial charge in [0.2, 0.25) is 0 Å². The number of thiazole rings is 1. The van der Waals surface area contributed by atoms with Crippen LogP contribution in [0.5, 0.6) is 0 Å². The summed E-state index contributed by atoms with van der Waals surface area (Å²) in [7, 11) is 1.78. The molecule has 38 heavy (non-hydrogen) atoms. The number of esters is 2. The van der Waals surface area contributed by atoms with Crippen molar-refractivity contribution in [1.29, 1.82) is 0 Å². The van der Waals surface area contributed by atoms with Gasteiger partial charge in [-0.1, -0.05) is 15.9 Å². The average Bonchev–Trinajstić information content (AvgIpc) is 3.64. The van der Waals surface area contributed by atoms with E-state index in [9.17, 15) is 24.5 Å². The number of carbonyl (C=O) groups is 3. The number of carbonyl (C=O) groups excluding carboxylic acids is 3. The minimum atomic E-state index is -1.38. The number of β-lactam (4-membered cyclic amide) rings is 1. The van der Waals surface area contributed by atoms with Crippen LogP contribution in [-0.2, 0) is 37.5 Å². The molecule has 12 nitrogen and oxygen atoms in total. The van der Waals surface area contributed by atoms with Crippen LogP contribution in [0.25, 0.3) is 10.8 Å². The summed E-state index contributed by atoms with van der Waals surface area (Å²) in [5.74, 6) is -1.26. The van der Waals surface area contributed by atoms with E-state index in [0.29, 0.717) is 22.1 Å². The molecule has 2 aromatic heterocycles. The molecule has 0 saturated carbocycles. The number of amides is 1. The van der Waals surface area contributed by atoms with Crippen molar-refractivity contribution < 1.29 is 28.8 Å². The third-order valence-corrected chi connectivity index (χ3v) is 9.35. The van der Waals surface area contributed by atoms with Crippen LogP contribution in [0, 0.1) is 10.1 Å². The number of imidazole rings is 1. The lowest BCUT2D eigenvalue weighted by molar-refractivity contribution is -0.384. The zero-order chi connectivity index (χ0) is 27.2. The highest BCUT2D eigenvalue weighted by molar-refractivity contribution is 9.10. The summed E-state index contributed by atoms with van der Waals surface area (Å²) in [4.78, 5) is 58.8. The Labute approximate surface area is 231 Å². The fourth-order valence-corrected chi connectivity index (χ4v) is 7.04. The van der Waals surface area contributed by atoms with Gasteiger partial charge in [-0.15, -0.1) is 23.1 Å². The maximum Gasteiger partial charge on any atom is 0.355 e. The van der Waals surface area contributed by atoms with Gasteiger partial charge in [-0.3, -0.25) is 24.6 Å². The number of nitro groups is 1. The van der Waals surface area contributed by atoms with Crippen molar-refractivity contribution in [3.8, 4) is 10.8 Å². The molecule has 3 unspecified atom stereocenters. The molecular formula is C23H18BrN5O7S2. The first kappa shape index (κ1) is 26.1. The monoisotopic (exact) mass is 619 g/mol. The molecule has 3 aromatic rings. The number of halogens is 1. The minimum absolute atomic E-state index is 0.0491. The molecule has 0 radical (unpaired) electrons. The van der Waals surface area contributed by atoms with Crippen LogP contribution < -0.4 is 0 Å². The number of hydrogen-bond acceptors (Lipinski definition) is 11. The number of thioether (sulfide) groups is 1. The lowest BCUT2D eigenvalue weighted by atomic mass is 9.89. The molecule has 4 heterocycles. The van der Waals surface area contributed by atoms with Crippen LogP contribution in [0.1, 0.15) is 24.3 Å². The summed E-state index contributed by atoms with van der Waals surface area (Å²) in [5, 5.41) is 14.2. The fourth-order valence-electron chi connectivity index (χ4n) is 4.10. The molecule has 15 heteroatoms. The van der Waals surface area contributed by atoms with Crippen LogP contribution in [0.15, 0.2) is 53.1 Å². The van der Waals surface area contributed by atoms with E-state index in [1.165, 1.54) is 64.6 Å². The number of aromatic nitrogens is 3. The third-order valence-electron chi connectivity index (χ3n) is 5.89. The van der Waals surface area contributed by atoms with E-state index < -0.39 is 38.6 Å². The number of nitrogens with zero attached hydrogens (tertiary/aromatic N) is 5. The lowest BCUT2D eigenvalue weighted by Crippen LogP contribution is -2.70. The maximum absolute atomic E-state index is 13.5. The highest BCUT2D eigenvalue weighted by atomic mass is 79.9. The Morgan fingerprint density at radius 2 is 2.05 bits per heavy atom. The minimum Gasteiger partial charge on any atom is -0.456 e. The second-order valence-corrected chi connectivity index (χ2v) is 11.5. The van der Waals surface area contributed by atoms with Crippen molar-refractivity contribution in [2.24, 2.45) is 7.05 Å². The van der Waals surface area contributed by atoms with Gasteiger partial charge in [-0.2, -0.15) is 0 Å². The van der Waals surface area contributed by atoms with Crippen LogP contribution in [0.4, 0.5) is 5.69 Å². The summed E-state index contributed by atoms with van der Waals surface area (Å²) < 4.78 is 11.3. The summed E-state index contributed by atoms with van der Waals surface area (Å²) in [6, 6.07) is 5.60. The Morgan fingerprint density at radius 1 is 1.32 bits per heavy atom. The highest BCUT2D eigenvalue weighted by Crippen LogP contribution is 2.58. The second-order valence-electron chi connectivity index (χ2n) is 8.36. The number of benzene rings is 1. The molecule has 196 valence electrons. The largest absolute Gasteiger partial charge is 0.456 e. The van der Waals surface area contributed by atoms with Gasteiger partial charge < -0.3 is 14.0 Å². The third kappa shape index (κ3) is 4.39. The van der Waals surface area contributed by atoms with E-state index in [2.05, 4.69) is 25.9 Å². The molecule has 0 aliphatic carbocycles. The van der Waals surface area contributed by atoms with Crippen molar-refractivity contribution in [3.63, 3.8) is 0 Å². The molecule has 0 bridgehead atoms. The number of non-ortho nitro benzene ring substituents is 1. The molecule has 2 aliphatic heterocycles. The van der Waals surface area contributed by atoms with Crippen molar-refractivity contribution >= 4 is 62.6 Å². The molecule has 1 amide bonds. The quantitative estimate of drug-likeness (QED) is 0.120. The number of nitro benzene ring substituents is 1. The van der Waals surface area contributed by atoms with Gasteiger partial charge in [0.05, 0.1) is 4.92 Å². The van der Waals surface area contributed by atoms with E-state index in [-0.39, 0.29) is 18.0 Å². The topological polar surface area (TPSA) is 147 Å². The number of alkyl halides is 1. The molecule has 0 spiro atoms. The average molecular weight is 620 g/mol. The Balaban J connectivity index is 1.33. The normalized spacial score (nSPS) is 20.8. The Hall–Kier alpha value is -3.56. The summed E-state index contributed by atoms with van der Waals surface area (Å²) in [6.45, 7) is 1.12. The molecular weight excluding hydrogens is 602 g/mol. The SMILES string of the molecule is CC(=O)OC(c1cn(C)c(-c2nccs2)n1)C1(Br)C(=O)N2C(C(=O)OCc3ccc([N+](=O)[O-])cc3)=CSC21. The first-order valence-corrected chi connectivity index (χ1v) is 13.6. The van der Waals surface area contributed by atoms with Crippen molar-refractivity contribution in [2.75, 3.05) is 0 Å². The summed E-state index contributed by atoms with van der Waals surface area (Å²) >= 11 is 6.14. The number of ether oxygens (including phenoxy) is 2. The van der Waals surface area contributed by atoms with E-state index >= 15 is 0 Å². The van der Waals surface area contributed by atoms with Crippen LogP contribution in [0.2, 0.25) is 0 Å². The fraction of sp³-hybridized carbons (Fsp3) is 0.261. The highest BCUT2D eigenvalue weighted by Gasteiger charge is 2.69. The molecule has 1 fully saturated rings. The first-order chi connectivity index (χ1) is 18.1. The Bertz CT molecular complexity index is 1470. The number of hydrogen-bond donors (Lipinski definition) is 0. The molecule has 3 atom stereocenters. The zero-order valence-corrected chi connectivity index (χ0v) is 23.0. The van der Waals surface area contributed by atoms with Crippen molar-refractivity contribution in [2.45, 2.75) is 29.3 Å². The Morgan fingerprint density at radius 3 is 2.68 bits per heavy atom. The molecule has 0 N–H and O–H groups in total. The molecule has 1 saturated heterocycles. The van der Waals surface area contributed by atoms with Crippen LogP contribution in [-0.4, -0.2) is 51.9 Å². The molecule has 1 aromatic carbocycles. The number of fused-ring (bicyclic) bond motifs is 1. The van der Waals surface area contributed by atoms with Crippen LogP contribution >= 0.6 is 39.0 Å². The van der Waals surface area contributed by atoms with Gasteiger partial charge in [0, 0.05) is 49.3 Å². The molecule has 2 aliphatic rings. The summed E-state index contributed by atoms with van der Waals surface area (Å²) in [6.07, 6.45) is 2.25. The van der Waals surface area contributed by atoms with Gasteiger partial charge >= 0.3 is 11.9 Å². The standard InChI is InChI=1S/C23H18BrN5O7S2/c1-12(30)36-17(15-9-27(2)18(26-15)19-25-7-8-37-19)23(24)21(32)28-16(11-38-22(23)28)20(31)35-10-13-3-5-14(6-4-13)29(33)34/h3-9,11,17,22H,10H2,1-2H3. The number of aryl methyl sites for hydroxylation is 1. The Kier molecular flexibility index (Phi) is 6.83. The van der Waals surface area contributed by atoms with E-state index in [4.69, 9.17) is 9.47 Å².